The monoisotopic (exact) mass is 119 g/mol. The summed E-state index contributed by atoms with van der Waals surface area (Å²) in [7, 11) is 1.40. The van der Waals surface area contributed by atoms with Crippen LogP contribution in [0.2, 0.25) is 0 Å². The Bertz CT molecular complexity index is 83.4. The van der Waals surface area contributed by atoms with Crippen molar-refractivity contribution in [1.29, 1.82) is 0 Å². The SMILES string of the molecule is CN(CCO)C(=O)O. The predicted octanol–water partition coefficient (Wildman–Crippen LogP) is -0.412. The minimum atomic E-state index is -1.01. The number of carboxylic acid groups (broad SMARTS) is 1. The van der Waals surface area contributed by atoms with E-state index in [-0.39, 0.29) is 13.2 Å². The van der Waals surface area contributed by atoms with Crippen LogP contribution in [0.25, 0.3) is 0 Å². The number of aliphatic hydroxyl groups is 1. The summed E-state index contributed by atoms with van der Waals surface area (Å²) in [4.78, 5) is 10.9. The molecular formula is C4H9NO3. The molecule has 8 heavy (non-hydrogen) atoms. The van der Waals surface area contributed by atoms with Crippen LogP contribution in [0.3, 0.4) is 0 Å². The standard InChI is InChI=1S/C4H9NO3/c1-5(2-3-6)4(7)8/h6H,2-3H2,1H3,(H,7,8). The van der Waals surface area contributed by atoms with Gasteiger partial charge in [0.15, 0.2) is 0 Å². The summed E-state index contributed by atoms with van der Waals surface area (Å²) in [5, 5.41) is 16.3. The number of nitrogens with zero attached hydrogens (tertiary/aromatic N) is 1. The highest BCUT2D eigenvalue weighted by molar-refractivity contribution is 5.64. The molecule has 0 radical (unpaired) electrons. The number of carbonyl (C=O) groups is 1. The molecule has 0 bridgehead atoms. The third-order valence-corrected chi connectivity index (χ3v) is 0.762. The second-order valence-electron chi connectivity index (χ2n) is 1.43. The van der Waals surface area contributed by atoms with Crippen molar-refractivity contribution < 1.29 is 15.0 Å². The van der Waals surface area contributed by atoms with Crippen LogP contribution < -0.4 is 0 Å². The first-order valence-electron chi connectivity index (χ1n) is 2.23. The number of likely N-dealkylation sites (N-methyl/N-ethyl adjacent to an activating group) is 1. The number of rotatable bonds is 2. The number of hydrogen-bond acceptors (Lipinski definition) is 2. The van der Waals surface area contributed by atoms with E-state index in [1.807, 2.05) is 0 Å². The van der Waals surface area contributed by atoms with Gasteiger partial charge < -0.3 is 15.1 Å². The highest BCUT2D eigenvalue weighted by Gasteiger charge is 2.00. The molecule has 0 aliphatic rings. The van der Waals surface area contributed by atoms with E-state index in [2.05, 4.69) is 0 Å². The summed E-state index contributed by atoms with van der Waals surface area (Å²) in [5.74, 6) is 0. The zero-order valence-electron chi connectivity index (χ0n) is 4.66. The molecule has 0 aromatic heterocycles. The Hall–Kier alpha value is -0.770. The first kappa shape index (κ1) is 7.23. The average Bonchev–Trinajstić information content (AvgIpc) is 1.67. The Labute approximate surface area is 47.3 Å². The van der Waals surface area contributed by atoms with Crippen molar-refractivity contribution in [3.63, 3.8) is 0 Å². The lowest BCUT2D eigenvalue weighted by molar-refractivity contribution is 0.144. The van der Waals surface area contributed by atoms with Crippen LogP contribution in [0.15, 0.2) is 0 Å². The average molecular weight is 119 g/mol. The molecule has 0 aromatic rings. The maximum absolute atomic E-state index is 9.90. The van der Waals surface area contributed by atoms with Gasteiger partial charge in [-0.25, -0.2) is 4.79 Å². The molecule has 1 amide bonds. The molecule has 0 heterocycles. The highest BCUT2D eigenvalue weighted by atomic mass is 16.4. The van der Waals surface area contributed by atoms with E-state index >= 15 is 0 Å². The third kappa shape index (κ3) is 2.41. The van der Waals surface area contributed by atoms with Gasteiger partial charge in [0.1, 0.15) is 0 Å². The van der Waals surface area contributed by atoms with Gasteiger partial charge in [-0.3, -0.25) is 0 Å². The quantitative estimate of drug-likeness (QED) is 0.519. The van der Waals surface area contributed by atoms with Gasteiger partial charge >= 0.3 is 6.09 Å². The number of amides is 1. The Balaban J connectivity index is 3.32. The lowest BCUT2D eigenvalue weighted by atomic mass is 10.6. The fourth-order valence-electron chi connectivity index (χ4n) is 0.246. The van der Waals surface area contributed by atoms with E-state index in [1.165, 1.54) is 7.05 Å². The van der Waals surface area contributed by atoms with Crippen molar-refractivity contribution >= 4 is 6.09 Å². The summed E-state index contributed by atoms with van der Waals surface area (Å²) in [6.07, 6.45) is -1.01. The fraction of sp³-hybridized carbons (Fsp3) is 0.750. The van der Waals surface area contributed by atoms with Crippen molar-refractivity contribution in [1.82, 2.24) is 4.90 Å². The number of aliphatic hydroxyl groups excluding tert-OH is 1. The van der Waals surface area contributed by atoms with Gasteiger partial charge in [-0.15, -0.1) is 0 Å². The molecule has 0 saturated carbocycles. The second-order valence-corrected chi connectivity index (χ2v) is 1.43. The summed E-state index contributed by atoms with van der Waals surface area (Å²) in [6.45, 7) is 0.0537. The van der Waals surface area contributed by atoms with Crippen LogP contribution in [-0.2, 0) is 0 Å². The maximum atomic E-state index is 9.90. The molecule has 0 aromatic carbocycles. The van der Waals surface area contributed by atoms with Crippen molar-refractivity contribution in [3.8, 4) is 0 Å². The zero-order chi connectivity index (χ0) is 6.57. The molecule has 0 unspecified atom stereocenters. The topological polar surface area (TPSA) is 60.8 Å². The van der Waals surface area contributed by atoms with Gasteiger partial charge in [0.2, 0.25) is 0 Å². The minimum absolute atomic E-state index is 0.122. The second kappa shape index (κ2) is 3.26. The van der Waals surface area contributed by atoms with Gasteiger partial charge in [-0.2, -0.15) is 0 Å². The van der Waals surface area contributed by atoms with Crippen LogP contribution in [-0.4, -0.2) is 41.4 Å². The Morgan fingerprint density at radius 2 is 2.25 bits per heavy atom. The fourth-order valence-corrected chi connectivity index (χ4v) is 0.246. The Morgan fingerprint density at radius 1 is 1.75 bits per heavy atom. The van der Waals surface area contributed by atoms with E-state index in [0.717, 1.165) is 4.90 Å². The van der Waals surface area contributed by atoms with Gasteiger partial charge in [-0.05, 0) is 0 Å². The van der Waals surface area contributed by atoms with E-state index in [4.69, 9.17) is 10.2 Å². The molecule has 0 spiro atoms. The summed E-state index contributed by atoms with van der Waals surface area (Å²) < 4.78 is 0. The molecule has 4 nitrogen and oxygen atoms in total. The van der Waals surface area contributed by atoms with Crippen LogP contribution in [0.4, 0.5) is 4.79 Å². The molecule has 4 heteroatoms. The maximum Gasteiger partial charge on any atom is 0.407 e. The van der Waals surface area contributed by atoms with E-state index in [9.17, 15) is 4.79 Å². The van der Waals surface area contributed by atoms with Crippen LogP contribution in [0.5, 0.6) is 0 Å². The summed E-state index contributed by atoms with van der Waals surface area (Å²) in [6, 6.07) is 0. The minimum Gasteiger partial charge on any atom is -0.465 e. The molecule has 0 fully saturated rings. The van der Waals surface area contributed by atoms with Crippen LogP contribution in [0, 0.1) is 0 Å². The van der Waals surface area contributed by atoms with Crippen molar-refractivity contribution in [3.05, 3.63) is 0 Å². The van der Waals surface area contributed by atoms with Gasteiger partial charge in [0, 0.05) is 13.6 Å². The summed E-state index contributed by atoms with van der Waals surface area (Å²) >= 11 is 0. The summed E-state index contributed by atoms with van der Waals surface area (Å²) in [5.41, 5.74) is 0. The molecule has 0 aliphatic carbocycles. The molecular weight excluding hydrogens is 110 g/mol. The van der Waals surface area contributed by atoms with E-state index in [1.54, 1.807) is 0 Å². The van der Waals surface area contributed by atoms with E-state index in [0.29, 0.717) is 0 Å². The molecule has 0 rings (SSSR count). The lowest BCUT2D eigenvalue weighted by Gasteiger charge is -2.08. The predicted molar refractivity (Wildman–Crippen MR) is 27.7 cm³/mol. The van der Waals surface area contributed by atoms with E-state index < -0.39 is 6.09 Å². The highest BCUT2D eigenvalue weighted by Crippen LogP contribution is 1.79. The Kier molecular flexibility index (Phi) is 2.95. The van der Waals surface area contributed by atoms with Crippen LogP contribution >= 0.6 is 0 Å². The normalized spacial score (nSPS) is 8.75. The number of hydrogen-bond donors (Lipinski definition) is 2. The smallest absolute Gasteiger partial charge is 0.407 e. The Morgan fingerprint density at radius 3 is 2.38 bits per heavy atom. The first-order chi connectivity index (χ1) is 3.68. The molecule has 2 N–H and O–H groups in total. The van der Waals surface area contributed by atoms with Crippen molar-refractivity contribution in [2.45, 2.75) is 0 Å². The zero-order valence-corrected chi connectivity index (χ0v) is 4.66. The largest absolute Gasteiger partial charge is 0.465 e. The molecule has 48 valence electrons. The third-order valence-electron chi connectivity index (χ3n) is 0.762. The molecule has 0 saturated heterocycles. The van der Waals surface area contributed by atoms with Gasteiger partial charge in [0.25, 0.3) is 0 Å². The van der Waals surface area contributed by atoms with Crippen LogP contribution in [0.1, 0.15) is 0 Å². The first-order valence-corrected chi connectivity index (χ1v) is 2.23. The molecule has 0 aliphatic heterocycles. The van der Waals surface area contributed by atoms with Crippen molar-refractivity contribution in [2.24, 2.45) is 0 Å². The van der Waals surface area contributed by atoms with Gasteiger partial charge in [-0.1, -0.05) is 0 Å². The van der Waals surface area contributed by atoms with Gasteiger partial charge in [0.05, 0.1) is 6.61 Å². The molecule has 0 atom stereocenters. The lowest BCUT2D eigenvalue weighted by Crippen LogP contribution is -2.27. The van der Waals surface area contributed by atoms with Crippen molar-refractivity contribution in [2.75, 3.05) is 20.2 Å².